The topological polar surface area (TPSA) is 65.0 Å². The van der Waals surface area contributed by atoms with Gasteiger partial charge < -0.3 is 19.3 Å². The van der Waals surface area contributed by atoms with Crippen LogP contribution in [0.2, 0.25) is 0 Å². The molecule has 0 aromatic heterocycles. The molecule has 0 aliphatic carbocycles. The molecule has 0 saturated carbocycles. The average Bonchev–Trinajstić information content (AvgIpc) is 2.77. The number of phenols is 1. The van der Waals surface area contributed by atoms with Gasteiger partial charge in [-0.2, -0.15) is 0 Å². The summed E-state index contributed by atoms with van der Waals surface area (Å²) in [7, 11) is 1.59. The Hall–Kier alpha value is -3.73. The fourth-order valence-electron chi connectivity index (χ4n) is 2.88. The molecular weight excluding hydrogens is 380 g/mol. The molecular formula is C25H24O5. The number of phenolic OH excluding ortho intramolecular Hbond substituents is 1. The van der Waals surface area contributed by atoms with Crippen molar-refractivity contribution >= 4 is 11.9 Å². The van der Waals surface area contributed by atoms with Crippen LogP contribution in [0, 0.1) is 0 Å². The number of carbonyl (C=O) groups excluding carboxylic acids is 1. The number of benzene rings is 3. The van der Waals surface area contributed by atoms with Crippen LogP contribution < -0.4 is 14.2 Å². The third-order valence-corrected chi connectivity index (χ3v) is 4.40. The number of ketones is 1. The lowest BCUT2D eigenvalue weighted by Gasteiger charge is -2.11. The Balaban J connectivity index is 1.81. The largest absolute Gasteiger partial charge is 0.508 e. The number of allylic oxidation sites excluding steroid dienone is 1. The summed E-state index contributed by atoms with van der Waals surface area (Å²) in [5.74, 6) is 1.43. The highest BCUT2D eigenvalue weighted by Gasteiger charge is 2.12. The zero-order chi connectivity index (χ0) is 21.3. The van der Waals surface area contributed by atoms with Gasteiger partial charge in [-0.05, 0) is 48.9 Å². The molecule has 30 heavy (non-hydrogen) atoms. The molecule has 0 aliphatic heterocycles. The fraction of sp³-hybridized carbons (Fsp3) is 0.160. The lowest BCUT2D eigenvalue weighted by molar-refractivity contribution is 0.104. The van der Waals surface area contributed by atoms with Gasteiger partial charge in [-0.15, -0.1) is 0 Å². The summed E-state index contributed by atoms with van der Waals surface area (Å²) in [5, 5.41) is 9.83. The van der Waals surface area contributed by atoms with Crippen LogP contribution in [-0.4, -0.2) is 24.6 Å². The molecule has 5 nitrogen and oxygen atoms in total. The number of carbonyl (C=O) groups is 1. The highest BCUT2D eigenvalue weighted by molar-refractivity contribution is 6.08. The molecule has 3 aromatic rings. The van der Waals surface area contributed by atoms with E-state index in [2.05, 4.69) is 0 Å². The first-order chi connectivity index (χ1) is 14.6. The van der Waals surface area contributed by atoms with Gasteiger partial charge in [0.1, 0.15) is 29.6 Å². The van der Waals surface area contributed by atoms with E-state index in [0.29, 0.717) is 36.0 Å². The summed E-state index contributed by atoms with van der Waals surface area (Å²) in [5.41, 5.74) is 2.09. The van der Waals surface area contributed by atoms with E-state index in [-0.39, 0.29) is 11.5 Å². The zero-order valence-electron chi connectivity index (χ0n) is 17.0. The van der Waals surface area contributed by atoms with E-state index in [0.717, 1.165) is 11.1 Å². The minimum atomic E-state index is -0.240. The van der Waals surface area contributed by atoms with Crippen molar-refractivity contribution < 1.29 is 24.1 Å². The standard InChI is InChI=1S/C25H24O5/c1-3-29-24-16-21(28-2)12-9-19(24)10-14-23(27)22-13-11-20(26)15-25(22)30-17-18-7-5-4-6-8-18/h4-16,26H,3,17H2,1-2H3. The first kappa shape index (κ1) is 21.0. The van der Waals surface area contributed by atoms with Crippen LogP contribution in [-0.2, 0) is 6.61 Å². The zero-order valence-corrected chi connectivity index (χ0v) is 17.0. The molecule has 3 aromatic carbocycles. The lowest BCUT2D eigenvalue weighted by Crippen LogP contribution is -2.02. The van der Waals surface area contributed by atoms with Crippen LogP contribution in [0.15, 0.2) is 72.8 Å². The van der Waals surface area contributed by atoms with E-state index in [1.54, 1.807) is 25.3 Å². The first-order valence-corrected chi connectivity index (χ1v) is 9.63. The molecule has 3 rings (SSSR count). The van der Waals surface area contributed by atoms with Crippen molar-refractivity contribution in [2.24, 2.45) is 0 Å². The number of hydrogen-bond donors (Lipinski definition) is 1. The highest BCUT2D eigenvalue weighted by atomic mass is 16.5. The molecule has 5 heteroatoms. The molecule has 0 bridgehead atoms. The van der Waals surface area contributed by atoms with Crippen LogP contribution in [0.5, 0.6) is 23.0 Å². The molecule has 0 heterocycles. The van der Waals surface area contributed by atoms with E-state index in [4.69, 9.17) is 14.2 Å². The summed E-state index contributed by atoms with van der Waals surface area (Å²) in [6.45, 7) is 2.68. The van der Waals surface area contributed by atoms with E-state index in [1.807, 2.05) is 49.4 Å². The van der Waals surface area contributed by atoms with Crippen molar-refractivity contribution in [3.63, 3.8) is 0 Å². The smallest absolute Gasteiger partial charge is 0.189 e. The van der Waals surface area contributed by atoms with Crippen molar-refractivity contribution in [3.05, 3.63) is 89.5 Å². The summed E-state index contributed by atoms with van der Waals surface area (Å²) < 4.78 is 16.7. The maximum atomic E-state index is 12.8. The normalized spacial score (nSPS) is 10.7. The number of rotatable bonds is 9. The Morgan fingerprint density at radius 2 is 1.77 bits per heavy atom. The molecule has 154 valence electrons. The van der Waals surface area contributed by atoms with Gasteiger partial charge in [0.25, 0.3) is 0 Å². The third-order valence-electron chi connectivity index (χ3n) is 4.40. The quantitative estimate of drug-likeness (QED) is 0.389. The van der Waals surface area contributed by atoms with Crippen LogP contribution in [0.3, 0.4) is 0 Å². The van der Waals surface area contributed by atoms with Gasteiger partial charge in [0, 0.05) is 17.7 Å². The van der Waals surface area contributed by atoms with Crippen molar-refractivity contribution in [1.29, 1.82) is 0 Å². The average molecular weight is 404 g/mol. The van der Waals surface area contributed by atoms with E-state index in [9.17, 15) is 9.90 Å². The maximum absolute atomic E-state index is 12.8. The molecule has 0 spiro atoms. The van der Waals surface area contributed by atoms with Gasteiger partial charge in [-0.3, -0.25) is 4.79 Å². The van der Waals surface area contributed by atoms with Crippen LogP contribution >= 0.6 is 0 Å². The SMILES string of the molecule is CCOc1cc(OC)ccc1C=CC(=O)c1ccc(O)cc1OCc1ccccc1. The molecule has 0 amide bonds. The van der Waals surface area contributed by atoms with Gasteiger partial charge in [-0.25, -0.2) is 0 Å². The van der Waals surface area contributed by atoms with Crippen molar-refractivity contribution in [2.45, 2.75) is 13.5 Å². The minimum Gasteiger partial charge on any atom is -0.508 e. The van der Waals surface area contributed by atoms with Crippen molar-refractivity contribution in [3.8, 4) is 23.0 Å². The number of ether oxygens (including phenoxy) is 3. The minimum absolute atomic E-state index is 0.0346. The molecule has 0 unspecified atom stereocenters. The predicted molar refractivity (Wildman–Crippen MR) is 116 cm³/mol. The monoisotopic (exact) mass is 404 g/mol. The third kappa shape index (κ3) is 5.41. The second-order valence-corrected chi connectivity index (χ2v) is 6.49. The molecule has 0 atom stereocenters. The summed E-state index contributed by atoms with van der Waals surface area (Å²) >= 11 is 0. The summed E-state index contributed by atoms with van der Waals surface area (Å²) in [6, 6.07) is 19.5. The molecule has 1 N–H and O–H groups in total. The van der Waals surface area contributed by atoms with E-state index < -0.39 is 0 Å². The number of hydrogen-bond acceptors (Lipinski definition) is 5. The number of aromatic hydroxyl groups is 1. The van der Waals surface area contributed by atoms with Crippen molar-refractivity contribution in [2.75, 3.05) is 13.7 Å². The second kappa shape index (κ2) is 10.2. The van der Waals surface area contributed by atoms with Gasteiger partial charge in [0.05, 0.1) is 19.3 Å². The van der Waals surface area contributed by atoms with Gasteiger partial charge >= 0.3 is 0 Å². The molecule has 0 saturated heterocycles. The summed E-state index contributed by atoms with van der Waals surface area (Å²) in [6.07, 6.45) is 3.16. The first-order valence-electron chi connectivity index (χ1n) is 9.63. The Labute approximate surface area is 176 Å². The Kier molecular flexibility index (Phi) is 7.11. The Morgan fingerprint density at radius 1 is 0.967 bits per heavy atom. The predicted octanol–water partition coefficient (Wildman–Crippen LogP) is 5.27. The fourth-order valence-corrected chi connectivity index (χ4v) is 2.88. The molecule has 0 aliphatic rings. The highest BCUT2D eigenvalue weighted by Crippen LogP contribution is 2.28. The van der Waals surface area contributed by atoms with Crippen LogP contribution in [0.4, 0.5) is 0 Å². The van der Waals surface area contributed by atoms with Crippen LogP contribution in [0.1, 0.15) is 28.4 Å². The van der Waals surface area contributed by atoms with Crippen molar-refractivity contribution in [1.82, 2.24) is 0 Å². The number of methoxy groups -OCH3 is 1. The Bertz CT molecular complexity index is 1020. The summed E-state index contributed by atoms with van der Waals surface area (Å²) in [4.78, 5) is 12.8. The van der Waals surface area contributed by atoms with E-state index >= 15 is 0 Å². The lowest BCUT2D eigenvalue weighted by atomic mass is 10.1. The van der Waals surface area contributed by atoms with Gasteiger partial charge in [0.2, 0.25) is 0 Å². The Morgan fingerprint density at radius 3 is 2.50 bits per heavy atom. The second-order valence-electron chi connectivity index (χ2n) is 6.49. The van der Waals surface area contributed by atoms with Gasteiger partial charge in [-0.1, -0.05) is 30.3 Å². The van der Waals surface area contributed by atoms with Crippen LogP contribution in [0.25, 0.3) is 6.08 Å². The van der Waals surface area contributed by atoms with Gasteiger partial charge in [0.15, 0.2) is 5.78 Å². The maximum Gasteiger partial charge on any atom is 0.189 e. The molecule has 0 radical (unpaired) electrons. The van der Waals surface area contributed by atoms with E-state index in [1.165, 1.54) is 18.2 Å². The molecule has 0 fully saturated rings.